The third-order valence-corrected chi connectivity index (χ3v) is 5.26. The fourth-order valence-electron chi connectivity index (χ4n) is 3.72. The highest BCUT2D eigenvalue weighted by molar-refractivity contribution is 5.97. The van der Waals surface area contributed by atoms with E-state index in [9.17, 15) is 4.79 Å². The van der Waals surface area contributed by atoms with Gasteiger partial charge in [0.15, 0.2) is 0 Å². The number of ether oxygens (including phenoxy) is 1. The first-order valence-electron chi connectivity index (χ1n) is 9.10. The van der Waals surface area contributed by atoms with Crippen LogP contribution in [-0.2, 0) is 16.1 Å². The second kappa shape index (κ2) is 11.1. The highest BCUT2D eigenvalue weighted by Crippen LogP contribution is 2.25. The van der Waals surface area contributed by atoms with Crippen molar-refractivity contribution in [3.05, 3.63) is 29.8 Å². The molecule has 0 atom stereocenters. The molecule has 7 heteroatoms. The SMILES string of the molecule is COC1(C(=O)Nc2cccc(CN3CCCCC3)c2)CCNCC1.Cl.Cl. The fraction of sp³-hybridized carbons (Fsp3) is 0.632. The molecular formula is C19H31Cl2N3O2. The fourth-order valence-corrected chi connectivity index (χ4v) is 3.72. The predicted octanol–water partition coefficient (Wildman–Crippen LogP) is 3.22. The molecule has 0 aromatic heterocycles. The molecule has 2 aliphatic heterocycles. The average Bonchev–Trinajstić information content (AvgIpc) is 2.63. The molecule has 1 amide bonds. The Morgan fingerprint density at radius 3 is 2.54 bits per heavy atom. The van der Waals surface area contributed by atoms with E-state index in [2.05, 4.69) is 27.7 Å². The number of hydrogen-bond acceptors (Lipinski definition) is 4. The topological polar surface area (TPSA) is 53.6 Å². The van der Waals surface area contributed by atoms with Crippen molar-refractivity contribution in [2.24, 2.45) is 0 Å². The minimum Gasteiger partial charge on any atom is -0.368 e. The van der Waals surface area contributed by atoms with E-state index < -0.39 is 5.60 Å². The number of methoxy groups -OCH3 is 1. The number of piperidine rings is 2. The summed E-state index contributed by atoms with van der Waals surface area (Å²) in [6.07, 6.45) is 5.35. The number of nitrogens with zero attached hydrogens (tertiary/aromatic N) is 1. The Balaban J connectivity index is 0.00000169. The second-order valence-corrected chi connectivity index (χ2v) is 6.94. The molecule has 1 aromatic carbocycles. The van der Waals surface area contributed by atoms with Gasteiger partial charge in [-0.15, -0.1) is 24.8 Å². The largest absolute Gasteiger partial charge is 0.368 e. The Hall–Kier alpha value is -0.850. The molecular weight excluding hydrogens is 373 g/mol. The Kier molecular flexibility index (Phi) is 9.90. The molecule has 5 nitrogen and oxygen atoms in total. The van der Waals surface area contributed by atoms with E-state index in [0.29, 0.717) is 12.8 Å². The second-order valence-electron chi connectivity index (χ2n) is 6.94. The Morgan fingerprint density at radius 1 is 1.19 bits per heavy atom. The number of nitrogens with one attached hydrogen (secondary N) is 2. The van der Waals surface area contributed by atoms with Crippen molar-refractivity contribution in [3.8, 4) is 0 Å². The highest BCUT2D eigenvalue weighted by Gasteiger charge is 2.39. The Bertz CT molecular complexity index is 559. The van der Waals surface area contributed by atoms with Crippen LogP contribution in [0.25, 0.3) is 0 Å². The summed E-state index contributed by atoms with van der Waals surface area (Å²) in [5.41, 5.74) is 1.42. The van der Waals surface area contributed by atoms with E-state index in [-0.39, 0.29) is 30.7 Å². The van der Waals surface area contributed by atoms with Crippen molar-refractivity contribution in [2.45, 2.75) is 44.2 Å². The van der Waals surface area contributed by atoms with Gasteiger partial charge < -0.3 is 15.4 Å². The first-order chi connectivity index (χ1) is 11.7. The number of benzene rings is 1. The van der Waals surface area contributed by atoms with Crippen LogP contribution in [0.5, 0.6) is 0 Å². The van der Waals surface area contributed by atoms with Crippen LogP contribution >= 0.6 is 24.8 Å². The third kappa shape index (κ3) is 5.83. The molecule has 2 saturated heterocycles. The van der Waals surface area contributed by atoms with Crippen LogP contribution in [-0.4, -0.2) is 49.7 Å². The summed E-state index contributed by atoms with van der Waals surface area (Å²) in [5, 5.41) is 6.35. The summed E-state index contributed by atoms with van der Waals surface area (Å²) in [6.45, 7) is 4.95. The Morgan fingerprint density at radius 2 is 1.88 bits per heavy atom. The Labute approximate surface area is 169 Å². The number of rotatable bonds is 5. The van der Waals surface area contributed by atoms with Gasteiger partial charge in [0, 0.05) is 19.3 Å². The van der Waals surface area contributed by atoms with E-state index in [4.69, 9.17) is 4.74 Å². The van der Waals surface area contributed by atoms with Crippen LogP contribution in [0.4, 0.5) is 5.69 Å². The van der Waals surface area contributed by atoms with Gasteiger partial charge in [0.1, 0.15) is 5.60 Å². The van der Waals surface area contributed by atoms with Crippen molar-refractivity contribution in [3.63, 3.8) is 0 Å². The molecule has 0 aliphatic carbocycles. The maximum Gasteiger partial charge on any atom is 0.256 e. The molecule has 0 radical (unpaired) electrons. The van der Waals surface area contributed by atoms with Gasteiger partial charge in [-0.1, -0.05) is 18.6 Å². The number of amides is 1. The number of carbonyl (C=O) groups is 1. The van der Waals surface area contributed by atoms with Crippen LogP contribution < -0.4 is 10.6 Å². The van der Waals surface area contributed by atoms with Gasteiger partial charge in [0.2, 0.25) is 0 Å². The summed E-state index contributed by atoms with van der Waals surface area (Å²) in [6, 6.07) is 8.22. The maximum atomic E-state index is 12.7. The molecule has 148 valence electrons. The summed E-state index contributed by atoms with van der Waals surface area (Å²) in [5.74, 6) is -0.0263. The lowest BCUT2D eigenvalue weighted by molar-refractivity contribution is -0.140. The zero-order valence-corrected chi connectivity index (χ0v) is 17.1. The van der Waals surface area contributed by atoms with E-state index >= 15 is 0 Å². The van der Waals surface area contributed by atoms with E-state index in [1.807, 2.05) is 12.1 Å². The first kappa shape index (κ1) is 23.2. The molecule has 2 fully saturated rings. The van der Waals surface area contributed by atoms with Gasteiger partial charge in [0.25, 0.3) is 5.91 Å². The van der Waals surface area contributed by atoms with Crippen LogP contribution in [0.1, 0.15) is 37.7 Å². The molecule has 0 spiro atoms. The lowest BCUT2D eigenvalue weighted by Crippen LogP contribution is -2.51. The standard InChI is InChI=1S/C19H29N3O2.2ClH/c1-24-19(8-10-20-11-9-19)18(23)21-17-7-5-6-16(14-17)15-22-12-3-2-4-13-22;;/h5-7,14,20H,2-4,8-13,15H2,1H3,(H,21,23);2*1H. The lowest BCUT2D eigenvalue weighted by atomic mass is 9.91. The first-order valence-corrected chi connectivity index (χ1v) is 9.10. The minimum atomic E-state index is -0.700. The van der Waals surface area contributed by atoms with Gasteiger partial charge in [-0.3, -0.25) is 9.69 Å². The maximum absolute atomic E-state index is 12.7. The molecule has 0 saturated carbocycles. The van der Waals surface area contributed by atoms with Crippen molar-refractivity contribution in [1.29, 1.82) is 0 Å². The van der Waals surface area contributed by atoms with Crippen molar-refractivity contribution < 1.29 is 9.53 Å². The van der Waals surface area contributed by atoms with Crippen LogP contribution in [0.2, 0.25) is 0 Å². The van der Waals surface area contributed by atoms with Crippen molar-refractivity contribution in [2.75, 3.05) is 38.6 Å². The van der Waals surface area contributed by atoms with Crippen LogP contribution in [0, 0.1) is 0 Å². The van der Waals surface area contributed by atoms with Crippen molar-refractivity contribution >= 4 is 36.4 Å². The van der Waals surface area contributed by atoms with Crippen molar-refractivity contribution in [1.82, 2.24) is 10.2 Å². The predicted molar refractivity (Wildman–Crippen MR) is 111 cm³/mol. The number of halogens is 2. The van der Waals surface area contributed by atoms with E-state index in [0.717, 1.165) is 25.3 Å². The molecule has 3 rings (SSSR count). The van der Waals surface area contributed by atoms with E-state index in [1.54, 1.807) is 7.11 Å². The number of hydrogen-bond donors (Lipinski definition) is 2. The summed E-state index contributed by atoms with van der Waals surface area (Å²) >= 11 is 0. The monoisotopic (exact) mass is 403 g/mol. The quantitative estimate of drug-likeness (QED) is 0.792. The molecule has 2 heterocycles. The lowest BCUT2D eigenvalue weighted by Gasteiger charge is -2.34. The molecule has 2 N–H and O–H groups in total. The molecule has 1 aromatic rings. The highest BCUT2D eigenvalue weighted by atomic mass is 35.5. The van der Waals surface area contributed by atoms with Gasteiger partial charge in [-0.2, -0.15) is 0 Å². The molecule has 0 unspecified atom stereocenters. The van der Waals surface area contributed by atoms with E-state index in [1.165, 1.54) is 37.9 Å². The van der Waals surface area contributed by atoms with Gasteiger partial charge >= 0.3 is 0 Å². The minimum absolute atomic E-state index is 0. The third-order valence-electron chi connectivity index (χ3n) is 5.26. The van der Waals surface area contributed by atoms with Gasteiger partial charge in [-0.05, 0) is 69.6 Å². The summed E-state index contributed by atoms with van der Waals surface area (Å²) in [7, 11) is 1.64. The van der Waals surface area contributed by atoms with Crippen LogP contribution in [0.15, 0.2) is 24.3 Å². The summed E-state index contributed by atoms with van der Waals surface area (Å²) < 4.78 is 5.60. The molecule has 2 aliphatic rings. The van der Waals surface area contributed by atoms with Gasteiger partial charge in [0.05, 0.1) is 0 Å². The number of anilines is 1. The smallest absolute Gasteiger partial charge is 0.256 e. The zero-order chi connectivity index (χ0) is 16.8. The molecule has 0 bridgehead atoms. The summed E-state index contributed by atoms with van der Waals surface area (Å²) in [4.78, 5) is 15.2. The zero-order valence-electron chi connectivity index (χ0n) is 15.5. The molecule has 26 heavy (non-hydrogen) atoms. The number of carbonyl (C=O) groups excluding carboxylic acids is 1. The number of likely N-dealkylation sites (tertiary alicyclic amines) is 1. The average molecular weight is 404 g/mol. The van der Waals surface area contributed by atoms with Gasteiger partial charge in [-0.25, -0.2) is 0 Å². The normalized spacial score (nSPS) is 19.7. The van der Waals surface area contributed by atoms with Crippen LogP contribution in [0.3, 0.4) is 0 Å².